The van der Waals surface area contributed by atoms with E-state index in [0.29, 0.717) is 19.4 Å². The maximum absolute atomic E-state index is 10.6. The number of unbranched alkanes of at least 4 members (excludes halogenated alkanes) is 1. The molecule has 2 aromatic rings. The summed E-state index contributed by atoms with van der Waals surface area (Å²) in [5, 5.41) is 3.94. The van der Waals surface area contributed by atoms with Crippen LogP contribution in [0.4, 0.5) is 4.79 Å². The Morgan fingerprint density at radius 1 is 1.11 bits per heavy atom. The average molecular weight is 375 g/mol. The third kappa shape index (κ3) is 9.25. The lowest BCUT2D eigenvalue weighted by molar-refractivity contribution is -0.137. The van der Waals surface area contributed by atoms with Gasteiger partial charge >= 0.3 is 12.1 Å². The van der Waals surface area contributed by atoms with Crippen LogP contribution in [0.15, 0.2) is 47.5 Å². The fraction of sp³-hybridized carbons (Fsp3) is 0.350. The molecule has 0 bridgehead atoms. The zero-order chi connectivity index (χ0) is 20.1. The van der Waals surface area contributed by atoms with Gasteiger partial charge in [0.25, 0.3) is 0 Å². The zero-order valence-corrected chi connectivity index (χ0v) is 15.9. The highest BCUT2D eigenvalue weighted by molar-refractivity contribution is 5.81. The predicted molar refractivity (Wildman–Crippen MR) is 100 cm³/mol. The predicted octanol–water partition coefficient (Wildman–Crippen LogP) is 4.24. The maximum atomic E-state index is 10.6. The molecule has 1 aromatic heterocycles. The molecule has 0 saturated carbocycles. The van der Waals surface area contributed by atoms with Gasteiger partial charge in [-0.15, -0.1) is 0 Å². The molecular weight excluding hydrogens is 350 g/mol. The Labute approximate surface area is 158 Å². The molecule has 146 valence electrons. The highest BCUT2D eigenvalue weighted by atomic mass is 16.7. The third-order valence-electron chi connectivity index (χ3n) is 3.31. The quantitative estimate of drug-likeness (QED) is 0.406. The summed E-state index contributed by atoms with van der Waals surface area (Å²) in [5.74, 6) is 0.398. The van der Waals surface area contributed by atoms with Gasteiger partial charge in [0.05, 0.1) is 20.3 Å². The van der Waals surface area contributed by atoms with Gasteiger partial charge in [-0.25, -0.2) is 9.59 Å². The van der Waals surface area contributed by atoms with E-state index in [1.807, 2.05) is 25.1 Å². The van der Waals surface area contributed by atoms with Gasteiger partial charge in [-0.1, -0.05) is 41.6 Å². The number of aromatic nitrogens is 1. The number of nitrogens with zero attached hydrogens (tertiary/aromatic N) is 1. The first kappa shape index (κ1) is 22.0. The largest absolute Gasteiger partial charge is 0.507 e. The molecule has 0 unspecified atom stereocenters. The lowest BCUT2D eigenvalue weighted by Crippen LogP contribution is -2.07. The van der Waals surface area contributed by atoms with Gasteiger partial charge in [-0.05, 0) is 26.7 Å². The summed E-state index contributed by atoms with van der Waals surface area (Å²) in [6.07, 6.45) is 1.66. The van der Waals surface area contributed by atoms with Crippen molar-refractivity contribution < 1.29 is 28.3 Å². The summed E-state index contributed by atoms with van der Waals surface area (Å²) in [4.78, 5) is 21.0. The summed E-state index contributed by atoms with van der Waals surface area (Å²) < 4.78 is 18.6. The maximum Gasteiger partial charge on any atom is 0.507 e. The highest BCUT2D eigenvalue weighted by Gasteiger charge is 2.02. The molecule has 0 atom stereocenters. The van der Waals surface area contributed by atoms with Crippen LogP contribution in [-0.4, -0.2) is 37.6 Å². The van der Waals surface area contributed by atoms with Gasteiger partial charge in [-0.3, -0.25) is 0 Å². The third-order valence-corrected chi connectivity index (χ3v) is 3.31. The summed E-state index contributed by atoms with van der Waals surface area (Å²) in [5.41, 5.74) is 3.25. The summed E-state index contributed by atoms with van der Waals surface area (Å²) in [7, 11) is 1.24. The van der Waals surface area contributed by atoms with E-state index in [2.05, 4.69) is 40.3 Å². The Morgan fingerprint density at radius 2 is 1.74 bits per heavy atom. The number of carbonyl (C=O) groups is 2. The van der Waals surface area contributed by atoms with Crippen molar-refractivity contribution in [2.75, 3.05) is 20.3 Å². The Bertz CT molecular complexity index is 720. The number of esters is 1. The lowest BCUT2D eigenvalue weighted by Gasteiger charge is -2.03. The van der Waals surface area contributed by atoms with Crippen LogP contribution in [0.25, 0.3) is 11.3 Å². The van der Waals surface area contributed by atoms with Gasteiger partial charge < -0.3 is 18.7 Å². The van der Waals surface area contributed by atoms with Gasteiger partial charge in [-0.2, -0.15) is 0 Å². The van der Waals surface area contributed by atoms with Crippen LogP contribution < -0.4 is 0 Å². The molecule has 0 fully saturated rings. The second kappa shape index (κ2) is 12.3. The molecule has 0 aliphatic carbocycles. The molecule has 27 heavy (non-hydrogen) atoms. The van der Waals surface area contributed by atoms with Crippen LogP contribution in [0.1, 0.15) is 24.2 Å². The van der Waals surface area contributed by atoms with E-state index in [9.17, 15) is 9.59 Å². The van der Waals surface area contributed by atoms with Crippen LogP contribution in [0.3, 0.4) is 0 Å². The first-order valence-corrected chi connectivity index (χ1v) is 8.46. The van der Waals surface area contributed by atoms with Crippen LogP contribution in [0.5, 0.6) is 0 Å². The minimum Gasteiger partial charge on any atom is -0.463 e. The topological polar surface area (TPSA) is 87.9 Å². The first-order valence-electron chi connectivity index (χ1n) is 8.46. The first-order chi connectivity index (χ1) is 13.0. The van der Waals surface area contributed by atoms with Gasteiger partial charge in [0.1, 0.15) is 11.5 Å². The smallest absolute Gasteiger partial charge is 0.463 e. The van der Waals surface area contributed by atoms with Crippen molar-refractivity contribution in [3.05, 3.63) is 54.3 Å². The molecule has 0 amide bonds. The van der Waals surface area contributed by atoms with E-state index in [0.717, 1.165) is 23.1 Å². The number of hydrogen-bond donors (Lipinski definition) is 0. The van der Waals surface area contributed by atoms with Crippen molar-refractivity contribution in [3.63, 3.8) is 0 Å². The van der Waals surface area contributed by atoms with Gasteiger partial charge in [0.2, 0.25) is 0 Å². The van der Waals surface area contributed by atoms with Gasteiger partial charge in [0.15, 0.2) is 0 Å². The van der Waals surface area contributed by atoms with E-state index < -0.39 is 12.1 Å². The van der Waals surface area contributed by atoms with Crippen molar-refractivity contribution in [3.8, 4) is 11.3 Å². The summed E-state index contributed by atoms with van der Waals surface area (Å²) in [6, 6.07) is 10.2. The molecule has 0 aliphatic heterocycles. The Balaban J connectivity index is 0.000000270. The Hall–Kier alpha value is -3.09. The van der Waals surface area contributed by atoms with Crippen molar-refractivity contribution in [1.29, 1.82) is 0 Å². The molecule has 0 radical (unpaired) electrons. The Morgan fingerprint density at radius 3 is 2.26 bits per heavy atom. The van der Waals surface area contributed by atoms with Crippen molar-refractivity contribution in [2.45, 2.75) is 26.7 Å². The number of benzene rings is 1. The van der Waals surface area contributed by atoms with E-state index in [4.69, 9.17) is 9.26 Å². The van der Waals surface area contributed by atoms with Crippen LogP contribution in [0.2, 0.25) is 0 Å². The molecular formula is C20H25NO6. The molecule has 0 aliphatic rings. The number of ether oxygens (including phenoxy) is 3. The monoisotopic (exact) mass is 375 g/mol. The number of carbonyl (C=O) groups excluding carboxylic acids is 2. The fourth-order valence-electron chi connectivity index (χ4n) is 1.88. The molecule has 0 N–H and O–H groups in total. The Kier molecular flexibility index (Phi) is 10.00. The van der Waals surface area contributed by atoms with E-state index >= 15 is 0 Å². The molecule has 7 heteroatoms. The van der Waals surface area contributed by atoms with Crippen molar-refractivity contribution in [1.82, 2.24) is 5.16 Å². The van der Waals surface area contributed by atoms with Crippen molar-refractivity contribution >= 4 is 12.1 Å². The highest BCUT2D eigenvalue weighted by Crippen LogP contribution is 2.18. The summed E-state index contributed by atoms with van der Waals surface area (Å²) in [6.45, 7) is 7.77. The normalized spacial score (nSPS) is 9.59. The molecule has 0 saturated heterocycles. The molecule has 1 heterocycles. The fourth-order valence-corrected chi connectivity index (χ4v) is 1.88. The number of rotatable bonds is 7. The van der Waals surface area contributed by atoms with Gasteiger partial charge in [0, 0.05) is 17.7 Å². The standard InChI is InChI=1S/C11H11NO.C9H14O5/c1-8-3-5-10(6-4-8)11-7-9(2)13-12-11;1-3-8(10)13-6-4-5-7-14-9(11)12-2/h3-7H,1-2H3;3H,1,4-7H2,2H3. The average Bonchev–Trinajstić information content (AvgIpc) is 3.11. The zero-order valence-electron chi connectivity index (χ0n) is 15.9. The molecule has 2 rings (SSSR count). The number of aryl methyl sites for hydroxylation is 2. The second-order valence-corrected chi connectivity index (χ2v) is 5.57. The van der Waals surface area contributed by atoms with Crippen LogP contribution >= 0.6 is 0 Å². The lowest BCUT2D eigenvalue weighted by atomic mass is 10.1. The SMILES string of the molecule is C=CC(=O)OCCCCOC(=O)OC.Cc1ccc(-c2cc(C)on2)cc1. The van der Waals surface area contributed by atoms with Crippen molar-refractivity contribution in [2.24, 2.45) is 0 Å². The van der Waals surface area contributed by atoms with E-state index in [1.165, 1.54) is 12.7 Å². The van der Waals surface area contributed by atoms with E-state index in [-0.39, 0.29) is 6.61 Å². The molecule has 0 spiro atoms. The number of methoxy groups -OCH3 is 1. The minimum absolute atomic E-state index is 0.262. The van der Waals surface area contributed by atoms with Crippen LogP contribution in [-0.2, 0) is 19.0 Å². The van der Waals surface area contributed by atoms with Crippen LogP contribution in [0, 0.1) is 13.8 Å². The number of hydrogen-bond acceptors (Lipinski definition) is 7. The minimum atomic E-state index is -0.701. The van der Waals surface area contributed by atoms with E-state index in [1.54, 1.807) is 0 Å². The second-order valence-electron chi connectivity index (χ2n) is 5.57. The summed E-state index contributed by atoms with van der Waals surface area (Å²) >= 11 is 0. The molecule has 7 nitrogen and oxygen atoms in total. The molecule has 1 aromatic carbocycles.